The van der Waals surface area contributed by atoms with Crippen LogP contribution in [0.15, 0.2) is 12.5 Å². The van der Waals surface area contributed by atoms with Crippen LogP contribution in [-0.2, 0) is 11.3 Å². The van der Waals surface area contributed by atoms with Crippen LogP contribution in [0.25, 0.3) is 0 Å². The number of hydrogen-bond donors (Lipinski definition) is 1. The Morgan fingerprint density at radius 2 is 2.35 bits per heavy atom. The Morgan fingerprint density at radius 3 is 3.12 bits per heavy atom. The third-order valence-corrected chi connectivity index (χ3v) is 3.84. The zero-order chi connectivity index (χ0) is 11.5. The number of aromatic nitrogens is 2. The Bertz CT molecular complexity index is 351. The van der Waals surface area contributed by atoms with E-state index in [9.17, 15) is 0 Å². The molecular weight excluding hydrogens is 214 g/mol. The quantitative estimate of drug-likeness (QED) is 0.869. The predicted octanol–water partition coefficient (Wildman–Crippen LogP) is 1.88. The molecule has 0 radical (unpaired) electrons. The summed E-state index contributed by atoms with van der Waals surface area (Å²) in [5.74, 6) is 0. The summed E-state index contributed by atoms with van der Waals surface area (Å²) in [6, 6.07) is 0.493. The van der Waals surface area contributed by atoms with Gasteiger partial charge in [-0.1, -0.05) is 6.42 Å². The van der Waals surface area contributed by atoms with Crippen molar-refractivity contribution in [2.75, 3.05) is 13.2 Å². The van der Waals surface area contributed by atoms with Gasteiger partial charge in [0.2, 0.25) is 0 Å². The molecular formula is C13H21N3O. The van der Waals surface area contributed by atoms with Crippen molar-refractivity contribution in [2.45, 2.75) is 50.8 Å². The summed E-state index contributed by atoms with van der Waals surface area (Å²) in [6.45, 7) is 3.03. The zero-order valence-electron chi connectivity index (χ0n) is 10.3. The molecule has 4 nitrogen and oxygen atoms in total. The highest BCUT2D eigenvalue weighted by molar-refractivity contribution is 5.06. The molecule has 0 spiro atoms. The van der Waals surface area contributed by atoms with Gasteiger partial charge in [0, 0.05) is 18.8 Å². The summed E-state index contributed by atoms with van der Waals surface area (Å²) < 4.78 is 7.98. The fraction of sp³-hybridized carbons (Fsp3) is 0.769. The van der Waals surface area contributed by atoms with Crippen molar-refractivity contribution in [3.63, 3.8) is 0 Å². The normalized spacial score (nSPS) is 29.6. The van der Waals surface area contributed by atoms with Crippen molar-refractivity contribution in [1.82, 2.24) is 14.9 Å². The highest BCUT2D eigenvalue weighted by Gasteiger charge is 2.21. The molecule has 1 aromatic rings. The van der Waals surface area contributed by atoms with Crippen LogP contribution in [-0.4, -0.2) is 28.8 Å². The van der Waals surface area contributed by atoms with E-state index in [4.69, 9.17) is 4.74 Å². The number of nitrogens with one attached hydrogen (secondary N) is 1. The van der Waals surface area contributed by atoms with Gasteiger partial charge in [-0.2, -0.15) is 0 Å². The van der Waals surface area contributed by atoms with E-state index in [2.05, 4.69) is 14.9 Å². The van der Waals surface area contributed by atoms with Crippen molar-refractivity contribution >= 4 is 0 Å². The van der Waals surface area contributed by atoms with Crippen LogP contribution in [0.3, 0.4) is 0 Å². The highest BCUT2D eigenvalue weighted by atomic mass is 16.5. The number of imidazole rings is 1. The topological polar surface area (TPSA) is 39.1 Å². The molecule has 3 rings (SSSR count). The van der Waals surface area contributed by atoms with Crippen molar-refractivity contribution in [3.05, 3.63) is 18.2 Å². The minimum atomic E-state index is 0.395. The molecule has 0 bridgehead atoms. The van der Waals surface area contributed by atoms with Gasteiger partial charge in [-0.05, 0) is 32.2 Å². The maximum Gasteiger partial charge on any atom is 0.0949 e. The number of rotatable bonds is 3. The van der Waals surface area contributed by atoms with Gasteiger partial charge in [0.1, 0.15) is 0 Å². The third kappa shape index (κ3) is 2.53. The van der Waals surface area contributed by atoms with Gasteiger partial charge in [-0.25, -0.2) is 4.98 Å². The van der Waals surface area contributed by atoms with Crippen molar-refractivity contribution in [3.8, 4) is 0 Å². The van der Waals surface area contributed by atoms with Gasteiger partial charge in [0.25, 0.3) is 0 Å². The molecule has 2 fully saturated rings. The maximum absolute atomic E-state index is 5.70. The van der Waals surface area contributed by atoms with Gasteiger partial charge < -0.3 is 14.6 Å². The molecule has 0 saturated carbocycles. The van der Waals surface area contributed by atoms with Gasteiger partial charge in [-0.15, -0.1) is 0 Å². The molecule has 0 amide bonds. The minimum absolute atomic E-state index is 0.395. The first-order chi connectivity index (χ1) is 8.43. The number of hydrogen-bond acceptors (Lipinski definition) is 3. The summed E-state index contributed by atoms with van der Waals surface area (Å²) in [5, 5.41) is 3.59. The molecule has 0 aliphatic carbocycles. The van der Waals surface area contributed by atoms with E-state index in [0.717, 1.165) is 19.7 Å². The van der Waals surface area contributed by atoms with E-state index in [1.807, 2.05) is 12.5 Å². The Kier molecular flexibility index (Phi) is 3.43. The van der Waals surface area contributed by atoms with Crippen LogP contribution in [0.2, 0.25) is 0 Å². The van der Waals surface area contributed by atoms with Crippen LogP contribution >= 0.6 is 0 Å². The lowest BCUT2D eigenvalue weighted by atomic mass is 10.0. The van der Waals surface area contributed by atoms with E-state index in [0.29, 0.717) is 12.1 Å². The van der Waals surface area contributed by atoms with Crippen molar-refractivity contribution in [2.24, 2.45) is 0 Å². The monoisotopic (exact) mass is 235 g/mol. The van der Waals surface area contributed by atoms with Crippen LogP contribution < -0.4 is 5.32 Å². The fourth-order valence-electron chi connectivity index (χ4n) is 2.89. The Labute approximate surface area is 102 Å². The molecule has 1 aromatic heterocycles. The Hall–Kier alpha value is -0.870. The minimum Gasteiger partial charge on any atom is -0.376 e. The summed E-state index contributed by atoms with van der Waals surface area (Å²) in [5.41, 5.74) is 1.33. The van der Waals surface area contributed by atoms with Crippen LogP contribution in [0.5, 0.6) is 0 Å². The lowest BCUT2D eigenvalue weighted by Gasteiger charge is -2.25. The maximum atomic E-state index is 5.70. The summed E-state index contributed by atoms with van der Waals surface area (Å²) in [4.78, 5) is 4.31. The van der Waals surface area contributed by atoms with Gasteiger partial charge in [0.15, 0.2) is 0 Å². The molecule has 17 heavy (non-hydrogen) atoms. The smallest absolute Gasteiger partial charge is 0.0949 e. The van der Waals surface area contributed by atoms with E-state index >= 15 is 0 Å². The average molecular weight is 235 g/mol. The number of ether oxygens (including phenoxy) is 1. The standard InChI is InChI=1S/C13H21N3O/c1-2-6-15-12(5-1)13-8-14-10-16(13)9-11-4-3-7-17-11/h8,10-12,15H,1-7,9H2. The fourth-order valence-corrected chi connectivity index (χ4v) is 2.89. The molecule has 2 atom stereocenters. The summed E-state index contributed by atoms with van der Waals surface area (Å²) >= 11 is 0. The first kappa shape index (κ1) is 11.2. The van der Waals surface area contributed by atoms with E-state index in [-0.39, 0.29) is 0 Å². The van der Waals surface area contributed by atoms with Crippen molar-refractivity contribution < 1.29 is 4.74 Å². The summed E-state index contributed by atoms with van der Waals surface area (Å²) in [7, 11) is 0. The number of piperidine rings is 1. The molecule has 2 aliphatic rings. The van der Waals surface area contributed by atoms with Crippen LogP contribution in [0, 0.1) is 0 Å². The second-order valence-electron chi connectivity index (χ2n) is 5.11. The summed E-state index contributed by atoms with van der Waals surface area (Å²) in [6.07, 6.45) is 10.6. The molecule has 2 unspecified atom stereocenters. The molecule has 0 aromatic carbocycles. The van der Waals surface area contributed by atoms with E-state index in [1.54, 1.807) is 0 Å². The first-order valence-corrected chi connectivity index (χ1v) is 6.78. The molecule has 1 N–H and O–H groups in total. The second kappa shape index (κ2) is 5.19. The molecule has 2 saturated heterocycles. The number of nitrogens with zero attached hydrogens (tertiary/aromatic N) is 2. The average Bonchev–Trinajstić information content (AvgIpc) is 3.02. The van der Waals surface area contributed by atoms with Gasteiger partial charge >= 0.3 is 0 Å². The Morgan fingerprint density at radius 1 is 1.35 bits per heavy atom. The van der Waals surface area contributed by atoms with E-state index in [1.165, 1.54) is 37.8 Å². The lowest BCUT2D eigenvalue weighted by Crippen LogP contribution is -2.29. The Balaban J connectivity index is 1.69. The SMILES string of the molecule is c1ncn(CC2CCCO2)c1C1CCCCN1. The van der Waals surface area contributed by atoms with Gasteiger partial charge in [-0.3, -0.25) is 0 Å². The molecule has 4 heteroatoms. The molecule has 2 aliphatic heterocycles. The highest BCUT2D eigenvalue weighted by Crippen LogP contribution is 2.24. The zero-order valence-corrected chi connectivity index (χ0v) is 10.3. The second-order valence-corrected chi connectivity index (χ2v) is 5.11. The molecule has 94 valence electrons. The van der Waals surface area contributed by atoms with Crippen molar-refractivity contribution in [1.29, 1.82) is 0 Å². The van der Waals surface area contributed by atoms with Gasteiger partial charge in [0.05, 0.1) is 24.7 Å². The lowest BCUT2D eigenvalue weighted by molar-refractivity contribution is 0.0957. The van der Waals surface area contributed by atoms with Crippen LogP contribution in [0.1, 0.15) is 43.8 Å². The largest absolute Gasteiger partial charge is 0.376 e. The predicted molar refractivity (Wildman–Crippen MR) is 65.8 cm³/mol. The van der Waals surface area contributed by atoms with E-state index < -0.39 is 0 Å². The van der Waals surface area contributed by atoms with Crippen LogP contribution in [0.4, 0.5) is 0 Å². The third-order valence-electron chi connectivity index (χ3n) is 3.84. The molecule has 3 heterocycles. The first-order valence-electron chi connectivity index (χ1n) is 6.78.